The van der Waals surface area contributed by atoms with Crippen LogP contribution in [-0.2, 0) is 4.74 Å². The van der Waals surface area contributed by atoms with Crippen LogP contribution in [0.4, 0.5) is 0 Å². The predicted octanol–water partition coefficient (Wildman–Crippen LogP) is 1.35. The number of hydrogen-bond acceptors (Lipinski definition) is 3. The fourth-order valence-corrected chi connectivity index (χ4v) is 0.859. The molecule has 0 atom stereocenters. The van der Waals surface area contributed by atoms with Gasteiger partial charge >= 0.3 is 5.97 Å². The van der Waals surface area contributed by atoms with Gasteiger partial charge in [-0.3, -0.25) is 0 Å². The van der Waals surface area contributed by atoms with Crippen LogP contribution >= 0.6 is 0 Å². The number of hydrogen-bond donors (Lipinski definition) is 1. The van der Waals surface area contributed by atoms with Gasteiger partial charge in [0.05, 0.1) is 0 Å². The summed E-state index contributed by atoms with van der Waals surface area (Å²) in [6.45, 7) is 3.56. The Bertz CT molecular complexity index is 323. The molecule has 1 rings (SSSR count). The molecule has 0 aliphatic heterocycles. The molecule has 0 fully saturated rings. The van der Waals surface area contributed by atoms with E-state index in [0.29, 0.717) is 0 Å². The van der Waals surface area contributed by atoms with Crippen LogP contribution in [0.3, 0.4) is 0 Å². The average molecular weight is 217 g/mol. The standard InChI is InChI=1S/C10H10O3.K/c1-2-7-13-10(12)8-5-3-4-6-9(8)11;/h2-6,11H,1,7H2;. The number of rotatable bonds is 3. The van der Waals surface area contributed by atoms with Gasteiger partial charge in [0, 0.05) is 51.4 Å². The van der Waals surface area contributed by atoms with Gasteiger partial charge in [0.1, 0.15) is 17.9 Å². The smallest absolute Gasteiger partial charge is 0.342 e. The van der Waals surface area contributed by atoms with E-state index in [1.807, 2.05) is 0 Å². The van der Waals surface area contributed by atoms with E-state index in [0.717, 1.165) is 0 Å². The third-order valence-electron chi connectivity index (χ3n) is 1.46. The van der Waals surface area contributed by atoms with Gasteiger partial charge in [0.15, 0.2) is 0 Å². The quantitative estimate of drug-likeness (QED) is 0.472. The van der Waals surface area contributed by atoms with Crippen molar-refractivity contribution >= 4 is 57.4 Å². The molecule has 0 saturated heterocycles. The van der Waals surface area contributed by atoms with E-state index in [1.165, 1.54) is 18.2 Å². The third kappa shape index (κ3) is 3.94. The van der Waals surface area contributed by atoms with Crippen molar-refractivity contribution in [3.63, 3.8) is 0 Å². The van der Waals surface area contributed by atoms with E-state index in [4.69, 9.17) is 4.74 Å². The van der Waals surface area contributed by atoms with E-state index < -0.39 is 5.97 Å². The normalized spacial score (nSPS) is 8.57. The van der Waals surface area contributed by atoms with Crippen molar-refractivity contribution < 1.29 is 14.6 Å². The van der Waals surface area contributed by atoms with Crippen molar-refractivity contribution in [2.75, 3.05) is 6.61 Å². The summed E-state index contributed by atoms with van der Waals surface area (Å²) in [6.07, 6.45) is 1.47. The maximum atomic E-state index is 11.2. The van der Waals surface area contributed by atoms with Crippen molar-refractivity contribution in [3.8, 4) is 5.75 Å². The van der Waals surface area contributed by atoms with Crippen molar-refractivity contribution in [3.05, 3.63) is 42.5 Å². The number of para-hydroxylation sites is 1. The molecule has 0 saturated carbocycles. The number of carbonyl (C=O) groups is 1. The van der Waals surface area contributed by atoms with Crippen molar-refractivity contribution in [2.45, 2.75) is 0 Å². The van der Waals surface area contributed by atoms with Crippen LogP contribution in [0.1, 0.15) is 10.4 Å². The summed E-state index contributed by atoms with van der Waals surface area (Å²) in [7, 11) is 0. The van der Waals surface area contributed by atoms with Gasteiger partial charge in [0.2, 0.25) is 0 Å². The summed E-state index contributed by atoms with van der Waals surface area (Å²) in [4.78, 5) is 11.2. The van der Waals surface area contributed by atoms with E-state index in [1.54, 1.807) is 12.1 Å². The number of phenols is 1. The maximum absolute atomic E-state index is 11.2. The number of phenolic OH excluding ortho intramolecular Hbond substituents is 1. The second kappa shape index (κ2) is 7.20. The Hall–Kier alpha value is -0.134. The molecule has 69 valence electrons. The van der Waals surface area contributed by atoms with Gasteiger partial charge in [-0.05, 0) is 12.1 Å². The Morgan fingerprint density at radius 3 is 2.71 bits per heavy atom. The zero-order valence-electron chi connectivity index (χ0n) is 8.06. The fourth-order valence-electron chi connectivity index (χ4n) is 0.859. The molecular weight excluding hydrogens is 207 g/mol. The molecular formula is C10H10KO3. The minimum Gasteiger partial charge on any atom is -0.507 e. The van der Waals surface area contributed by atoms with Gasteiger partial charge in [-0.2, -0.15) is 0 Å². The van der Waals surface area contributed by atoms with Gasteiger partial charge < -0.3 is 9.84 Å². The molecule has 1 radical (unpaired) electrons. The van der Waals surface area contributed by atoms with Crippen LogP contribution in [0, 0.1) is 0 Å². The minimum atomic E-state index is -0.544. The molecule has 3 nitrogen and oxygen atoms in total. The van der Waals surface area contributed by atoms with Gasteiger partial charge in [-0.25, -0.2) is 4.79 Å². The van der Waals surface area contributed by atoms with Crippen molar-refractivity contribution in [1.29, 1.82) is 0 Å². The first-order valence-electron chi connectivity index (χ1n) is 3.81. The van der Waals surface area contributed by atoms with Crippen LogP contribution in [0.25, 0.3) is 0 Å². The number of esters is 1. The molecule has 0 aliphatic carbocycles. The molecule has 1 N–H and O–H groups in total. The van der Waals surface area contributed by atoms with Crippen LogP contribution in [0.15, 0.2) is 36.9 Å². The van der Waals surface area contributed by atoms with Gasteiger partial charge in [0.25, 0.3) is 0 Å². The number of carbonyl (C=O) groups excluding carboxylic acids is 1. The molecule has 0 aromatic heterocycles. The second-order valence-electron chi connectivity index (χ2n) is 2.40. The SMILES string of the molecule is C=CCOC(=O)c1ccccc1O.[K]. The fraction of sp³-hybridized carbons (Fsp3) is 0.100. The van der Waals surface area contributed by atoms with Gasteiger partial charge in [-0.1, -0.05) is 24.8 Å². The topological polar surface area (TPSA) is 46.5 Å². The molecule has 0 bridgehead atoms. The first kappa shape index (κ1) is 13.9. The molecule has 4 heteroatoms. The van der Waals surface area contributed by atoms with Crippen LogP contribution in [-0.4, -0.2) is 69.1 Å². The third-order valence-corrected chi connectivity index (χ3v) is 1.46. The van der Waals surface area contributed by atoms with Gasteiger partial charge in [-0.15, -0.1) is 0 Å². The summed E-state index contributed by atoms with van der Waals surface area (Å²) in [5, 5.41) is 9.25. The Morgan fingerprint density at radius 2 is 2.14 bits per heavy atom. The van der Waals surface area contributed by atoms with E-state index >= 15 is 0 Å². The zero-order valence-corrected chi connectivity index (χ0v) is 11.2. The molecule has 14 heavy (non-hydrogen) atoms. The molecule has 1 aromatic rings. The summed E-state index contributed by atoms with van der Waals surface area (Å²) < 4.78 is 4.74. The zero-order chi connectivity index (χ0) is 9.68. The van der Waals surface area contributed by atoms with Crippen LogP contribution < -0.4 is 0 Å². The summed E-state index contributed by atoms with van der Waals surface area (Å²) in [5.41, 5.74) is 0.171. The van der Waals surface area contributed by atoms with Crippen LogP contribution in [0.5, 0.6) is 5.75 Å². The first-order chi connectivity index (χ1) is 6.25. The van der Waals surface area contributed by atoms with Crippen molar-refractivity contribution in [2.24, 2.45) is 0 Å². The van der Waals surface area contributed by atoms with E-state index in [-0.39, 0.29) is 69.3 Å². The predicted molar refractivity (Wildman–Crippen MR) is 54.3 cm³/mol. The van der Waals surface area contributed by atoms with E-state index in [9.17, 15) is 9.90 Å². The number of benzene rings is 1. The first-order valence-corrected chi connectivity index (χ1v) is 3.81. The molecule has 0 aliphatic rings. The maximum Gasteiger partial charge on any atom is 0.342 e. The molecule has 0 heterocycles. The molecule has 0 amide bonds. The monoisotopic (exact) mass is 217 g/mol. The minimum absolute atomic E-state index is 0. The Kier molecular flexibility index (Phi) is 7.13. The Labute approximate surface area is 125 Å². The Morgan fingerprint density at radius 1 is 1.50 bits per heavy atom. The van der Waals surface area contributed by atoms with Crippen molar-refractivity contribution in [1.82, 2.24) is 0 Å². The molecule has 1 aromatic carbocycles. The summed E-state index contributed by atoms with van der Waals surface area (Å²) in [5.74, 6) is -0.616. The molecule has 0 unspecified atom stereocenters. The largest absolute Gasteiger partial charge is 0.507 e. The summed E-state index contributed by atoms with van der Waals surface area (Å²) in [6, 6.07) is 6.23. The van der Waals surface area contributed by atoms with E-state index in [2.05, 4.69) is 6.58 Å². The second-order valence-corrected chi connectivity index (χ2v) is 2.40. The summed E-state index contributed by atoms with van der Waals surface area (Å²) >= 11 is 0. The number of ether oxygens (including phenoxy) is 1. The Balaban J connectivity index is 0.00000169. The number of aromatic hydroxyl groups is 1. The molecule has 0 spiro atoms. The van der Waals surface area contributed by atoms with Crippen LogP contribution in [0.2, 0.25) is 0 Å². The average Bonchev–Trinajstić information content (AvgIpc) is 2.15.